The molecule has 1 atom stereocenters. The van der Waals surface area contributed by atoms with Crippen molar-refractivity contribution >= 4 is 0 Å². The zero-order valence-electron chi connectivity index (χ0n) is 12.1. The van der Waals surface area contributed by atoms with Gasteiger partial charge in [-0.25, -0.2) is 0 Å². The molecule has 1 aromatic heterocycles. The van der Waals surface area contributed by atoms with E-state index in [2.05, 4.69) is 31.2 Å². The Labute approximate surface area is 109 Å². The number of methoxy groups -OCH3 is 1. The predicted octanol–water partition coefficient (Wildman–Crippen LogP) is 2.16. The second-order valence-electron chi connectivity index (χ2n) is 4.41. The summed E-state index contributed by atoms with van der Waals surface area (Å²) in [7, 11) is 1.68. The van der Waals surface area contributed by atoms with Crippen LogP contribution in [0, 0.1) is 0 Å². The Hall–Kier alpha value is -1.07. The Morgan fingerprint density at radius 1 is 1.39 bits per heavy atom. The van der Waals surface area contributed by atoms with E-state index in [-0.39, 0.29) is 6.04 Å². The van der Waals surface area contributed by atoms with Crippen LogP contribution in [-0.2, 0) is 4.74 Å². The molecule has 0 aromatic carbocycles. The Balaban J connectivity index is 3.02. The van der Waals surface area contributed by atoms with Gasteiger partial charge >= 0.3 is 0 Å². The van der Waals surface area contributed by atoms with Gasteiger partial charge in [0, 0.05) is 12.6 Å². The van der Waals surface area contributed by atoms with Gasteiger partial charge in [0.15, 0.2) is 5.75 Å². The minimum atomic E-state index is 0.106. The first-order valence-corrected chi connectivity index (χ1v) is 6.58. The normalized spacial score (nSPS) is 13.0. The van der Waals surface area contributed by atoms with Crippen LogP contribution in [0.5, 0.6) is 5.75 Å². The molecule has 0 radical (unpaired) electrons. The van der Waals surface area contributed by atoms with E-state index in [1.165, 1.54) is 0 Å². The van der Waals surface area contributed by atoms with Crippen molar-refractivity contribution in [3.63, 3.8) is 0 Å². The summed E-state index contributed by atoms with van der Waals surface area (Å²) in [6, 6.07) is 0.404. The first kappa shape index (κ1) is 15.0. The summed E-state index contributed by atoms with van der Waals surface area (Å²) in [6.07, 6.45) is 1.77. The number of nitrogens with zero attached hydrogens (tertiary/aromatic N) is 2. The molecular weight excluding hydrogens is 230 g/mol. The number of rotatable bonds is 8. The van der Waals surface area contributed by atoms with Crippen molar-refractivity contribution in [2.45, 2.75) is 39.8 Å². The zero-order valence-corrected chi connectivity index (χ0v) is 12.1. The Morgan fingerprint density at radius 3 is 2.61 bits per heavy atom. The van der Waals surface area contributed by atoms with Gasteiger partial charge in [-0.15, -0.1) is 0 Å². The first-order chi connectivity index (χ1) is 8.65. The topological polar surface area (TPSA) is 48.3 Å². The van der Waals surface area contributed by atoms with Crippen molar-refractivity contribution in [3.05, 3.63) is 11.9 Å². The van der Waals surface area contributed by atoms with Crippen molar-refractivity contribution < 1.29 is 9.47 Å². The molecular formula is C13H25N3O2. The van der Waals surface area contributed by atoms with Gasteiger partial charge in [-0.1, -0.05) is 6.92 Å². The third-order valence-electron chi connectivity index (χ3n) is 2.78. The predicted molar refractivity (Wildman–Crippen MR) is 72.1 cm³/mol. The number of likely N-dealkylation sites (N-methyl/N-ethyl adjacent to an activating group) is 1. The standard InChI is InChI=1S/C13H25N3O2/c1-6-14-11(9-18-7-2)13-12(17-5)8-15-16(13)10(3)4/h8,10-11,14H,6-7,9H2,1-5H3. The fraction of sp³-hybridized carbons (Fsp3) is 0.769. The maximum absolute atomic E-state index is 5.55. The molecule has 0 aliphatic heterocycles. The van der Waals surface area contributed by atoms with Gasteiger partial charge in [0.25, 0.3) is 0 Å². The number of ether oxygens (including phenoxy) is 2. The molecule has 0 saturated heterocycles. The maximum atomic E-state index is 5.55. The van der Waals surface area contributed by atoms with Crippen LogP contribution in [0.1, 0.15) is 45.5 Å². The molecule has 1 aromatic rings. The van der Waals surface area contributed by atoms with Crippen LogP contribution in [0.2, 0.25) is 0 Å². The van der Waals surface area contributed by atoms with Crippen molar-refractivity contribution in [2.24, 2.45) is 0 Å². The Bertz CT molecular complexity index is 350. The van der Waals surface area contributed by atoms with E-state index in [9.17, 15) is 0 Å². The fourth-order valence-corrected chi connectivity index (χ4v) is 1.97. The van der Waals surface area contributed by atoms with Crippen LogP contribution in [-0.4, -0.2) is 36.6 Å². The number of nitrogens with one attached hydrogen (secondary N) is 1. The largest absolute Gasteiger partial charge is 0.493 e. The van der Waals surface area contributed by atoms with Gasteiger partial charge in [0.1, 0.15) is 0 Å². The van der Waals surface area contributed by atoms with E-state index in [0.717, 1.165) is 18.0 Å². The summed E-state index contributed by atoms with van der Waals surface area (Å²) < 4.78 is 12.9. The summed E-state index contributed by atoms with van der Waals surface area (Å²) in [4.78, 5) is 0. The van der Waals surface area contributed by atoms with Crippen LogP contribution >= 0.6 is 0 Å². The minimum Gasteiger partial charge on any atom is -0.493 e. The van der Waals surface area contributed by atoms with E-state index >= 15 is 0 Å². The van der Waals surface area contributed by atoms with Crippen molar-refractivity contribution in [1.29, 1.82) is 0 Å². The van der Waals surface area contributed by atoms with E-state index in [1.54, 1.807) is 13.3 Å². The summed E-state index contributed by atoms with van der Waals surface area (Å²) in [6.45, 7) is 10.5. The molecule has 104 valence electrons. The average Bonchev–Trinajstić information content (AvgIpc) is 2.78. The molecule has 5 nitrogen and oxygen atoms in total. The summed E-state index contributed by atoms with van der Waals surface area (Å²) >= 11 is 0. The zero-order chi connectivity index (χ0) is 13.5. The van der Waals surface area contributed by atoms with E-state index in [1.807, 2.05) is 11.6 Å². The fourth-order valence-electron chi connectivity index (χ4n) is 1.97. The number of aromatic nitrogens is 2. The first-order valence-electron chi connectivity index (χ1n) is 6.58. The highest BCUT2D eigenvalue weighted by Crippen LogP contribution is 2.27. The molecule has 5 heteroatoms. The molecule has 0 amide bonds. The van der Waals surface area contributed by atoms with Crippen LogP contribution < -0.4 is 10.1 Å². The molecule has 0 aliphatic rings. The van der Waals surface area contributed by atoms with E-state index in [4.69, 9.17) is 9.47 Å². The van der Waals surface area contributed by atoms with Gasteiger partial charge in [-0.05, 0) is 27.3 Å². The Morgan fingerprint density at radius 2 is 2.11 bits per heavy atom. The van der Waals surface area contributed by atoms with Gasteiger partial charge in [0.2, 0.25) is 0 Å². The van der Waals surface area contributed by atoms with Gasteiger partial charge in [-0.2, -0.15) is 5.10 Å². The quantitative estimate of drug-likeness (QED) is 0.773. The highest BCUT2D eigenvalue weighted by molar-refractivity contribution is 5.29. The lowest BCUT2D eigenvalue weighted by Crippen LogP contribution is -2.28. The Kier molecular flexibility index (Phi) is 6.15. The van der Waals surface area contributed by atoms with Gasteiger partial charge in [0.05, 0.1) is 31.6 Å². The van der Waals surface area contributed by atoms with E-state index < -0.39 is 0 Å². The van der Waals surface area contributed by atoms with Crippen molar-refractivity contribution in [2.75, 3.05) is 26.9 Å². The summed E-state index contributed by atoms with van der Waals surface area (Å²) in [5.74, 6) is 0.814. The summed E-state index contributed by atoms with van der Waals surface area (Å²) in [5.41, 5.74) is 1.06. The molecule has 0 saturated carbocycles. The molecule has 0 fully saturated rings. The molecule has 1 N–H and O–H groups in total. The minimum absolute atomic E-state index is 0.106. The second kappa shape index (κ2) is 7.38. The van der Waals surface area contributed by atoms with Gasteiger partial charge in [-0.3, -0.25) is 4.68 Å². The lowest BCUT2D eigenvalue weighted by Gasteiger charge is -2.22. The lowest BCUT2D eigenvalue weighted by atomic mass is 10.2. The lowest BCUT2D eigenvalue weighted by molar-refractivity contribution is 0.119. The number of hydrogen-bond acceptors (Lipinski definition) is 4. The molecule has 0 bridgehead atoms. The SMILES string of the molecule is CCNC(COCC)c1c(OC)cnn1C(C)C. The molecule has 0 aliphatic carbocycles. The number of hydrogen-bond donors (Lipinski definition) is 1. The highest BCUT2D eigenvalue weighted by Gasteiger charge is 2.22. The highest BCUT2D eigenvalue weighted by atomic mass is 16.5. The smallest absolute Gasteiger partial charge is 0.161 e. The molecule has 1 heterocycles. The van der Waals surface area contributed by atoms with Crippen LogP contribution in [0.3, 0.4) is 0 Å². The van der Waals surface area contributed by atoms with Crippen LogP contribution in [0.4, 0.5) is 0 Å². The van der Waals surface area contributed by atoms with Gasteiger partial charge < -0.3 is 14.8 Å². The molecule has 18 heavy (non-hydrogen) atoms. The van der Waals surface area contributed by atoms with E-state index in [0.29, 0.717) is 19.3 Å². The monoisotopic (exact) mass is 255 g/mol. The van der Waals surface area contributed by atoms with Crippen LogP contribution in [0.25, 0.3) is 0 Å². The summed E-state index contributed by atoms with van der Waals surface area (Å²) in [5, 5.41) is 7.82. The molecule has 1 rings (SSSR count). The van der Waals surface area contributed by atoms with Crippen molar-refractivity contribution in [3.8, 4) is 5.75 Å². The third-order valence-corrected chi connectivity index (χ3v) is 2.78. The second-order valence-corrected chi connectivity index (χ2v) is 4.41. The molecule has 1 unspecified atom stereocenters. The molecule has 0 spiro atoms. The van der Waals surface area contributed by atoms with Crippen molar-refractivity contribution in [1.82, 2.24) is 15.1 Å². The average molecular weight is 255 g/mol. The maximum Gasteiger partial charge on any atom is 0.161 e. The third kappa shape index (κ3) is 3.46. The van der Waals surface area contributed by atoms with Crippen LogP contribution in [0.15, 0.2) is 6.20 Å².